The fraction of sp³-hybridized carbons (Fsp3) is 0.655. The van der Waals surface area contributed by atoms with Crippen LogP contribution in [0.2, 0.25) is 41.4 Å². The molecule has 15 heteroatoms. The van der Waals surface area contributed by atoms with Gasteiger partial charge in [0.2, 0.25) is 0 Å². The molecule has 1 atom stereocenters. The molecule has 0 aliphatic carbocycles. The number of hydrogen-bond donors (Lipinski definition) is 3. The number of rotatable bonds is 11. The van der Waals surface area contributed by atoms with Crippen molar-refractivity contribution in [2.75, 3.05) is 17.2 Å². The first-order valence-electron chi connectivity index (χ1n) is 14.5. The molecule has 0 aromatic carbocycles. The number of nitrogens with zero attached hydrogens (tertiary/aromatic N) is 3. The largest absolute Gasteiger partial charge is 0.412 e. The quantitative estimate of drug-likeness (QED) is 0.168. The summed E-state index contributed by atoms with van der Waals surface area (Å²) in [5.41, 5.74) is -1.82. The van der Waals surface area contributed by atoms with Gasteiger partial charge in [-0.15, -0.1) is 0 Å². The van der Waals surface area contributed by atoms with Crippen LogP contribution in [0.25, 0.3) is 0 Å². The second-order valence-corrected chi connectivity index (χ2v) is 26.9. The van der Waals surface area contributed by atoms with Gasteiger partial charge in [0.15, 0.2) is 32.5 Å². The van der Waals surface area contributed by atoms with Crippen LogP contribution in [0.15, 0.2) is 29.4 Å². The summed E-state index contributed by atoms with van der Waals surface area (Å²) in [6.07, 6.45) is 1.40. The van der Waals surface area contributed by atoms with Crippen LogP contribution in [0.1, 0.15) is 79.7 Å². The number of carbonyl (C=O) groups is 1. The predicted molar refractivity (Wildman–Crippen MR) is 183 cm³/mol. The third-order valence-corrected chi connectivity index (χ3v) is 18.8. The van der Waals surface area contributed by atoms with Crippen LogP contribution in [0.5, 0.6) is 0 Å². The number of anilines is 2. The minimum atomic E-state index is -3.91. The van der Waals surface area contributed by atoms with Crippen molar-refractivity contribution in [1.29, 1.82) is 0 Å². The molecule has 248 valence electrons. The van der Waals surface area contributed by atoms with E-state index in [4.69, 9.17) is 20.5 Å². The van der Waals surface area contributed by atoms with E-state index in [1.54, 1.807) is 20.8 Å². The molecular formula is C29H51ClN6O5SSi2. The second-order valence-electron chi connectivity index (χ2n) is 15.3. The summed E-state index contributed by atoms with van der Waals surface area (Å²) in [4.78, 5) is 25.8. The van der Waals surface area contributed by atoms with Gasteiger partial charge in [0.05, 0.1) is 12.8 Å². The molecule has 3 N–H and O–H groups in total. The molecule has 2 aromatic heterocycles. The lowest BCUT2D eigenvalue weighted by molar-refractivity contribution is 0.0412. The lowest BCUT2D eigenvalue weighted by Crippen LogP contribution is -2.56. The lowest BCUT2D eigenvalue weighted by atomic mass is 10.1. The van der Waals surface area contributed by atoms with Gasteiger partial charge in [0.1, 0.15) is 17.4 Å². The number of hydrogen-bond acceptors (Lipinski definition) is 9. The van der Waals surface area contributed by atoms with Crippen molar-refractivity contribution in [3.05, 3.63) is 35.2 Å². The number of pyridine rings is 1. The summed E-state index contributed by atoms with van der Waals surface area (Å²) >= 11 is 6.45. The lowest BCUT2D eigenvalue weighted by Gasteiger charge is -2.46. The van der Waals surface area contributed by atoms with Gasteiger partial charge >= 0.3 is 0 Å². The summed E-state index contributed by atoms with van der Waals surface area (Å²) in [6.45, 7) is 29.1. The topological polar surface area (TPSA) is 144 Å². The number of amides is 1. The van der Waals surface area contributed by atoms with Gasteiger partial charge in [-0.2, -0.15) is 0 Å². The van der Waals surface area contributed by atoms with Crippen LogP contribution in [-0.2, 0) is 18.9 Å². The standard InChI is InChI=1S/C29H51ClN6O5SSi2/c1-26(2,3)36-42(38,39)22-17-15-16-20(32-22)34-25(37)23-24(30)33-21(18-31-23)35-29(10,41-44(13,14)28(7,8)9)19-40-43(11,12)27(4,5)6/h15-18,36H,19H2,1-14H3,(H,33,35)(H,32,34,37). The molecule has 11 nitrogen and oxygen atoms in total. The zero-order valence-corrected chi connectivity index (χ0v) is 32.3. The summed E-state index contributed by atoms with van der Waals surface area (Å²) < 4.78 is 41.4. The van der Waals surface area contributed by atoms with Gasteiger partial charge in [-0.25, -0.2) is 28.1 Å². The Morgan fingerprint density at radius 2 is 1.45 bits per heavy atom. The van der Waals surface area contributed by atoms with E-state index in [-0.39, 0.29) is 38.4 Å². The third-order valence-electron chi connectivity index (χ3n) is 7.82. The third kappa shape index (κ3) is 10.3. The molecule has 2 aromatic rings. The van der Waals surface area contributed by atoms with E-state index in [1.807, 2.05) is 6.92 Å². The van der Waals surface area contributed by atoms with E-state index in [9.17, 15) is 13.2 Å². The van der Waals surface area contributed by atoms with Gasteiger partial charge in [-0.3, -0.25) is 4.79 Å². The van der Waals surface area contributed by atoms with Gasteiger partial charge in [0, 0.05) is 5.54 Å². The van der Waals surface area contributed by atoms with Gasteiger partial charge in [-0.1, -0.05) is 59.2 Å². The Hall–Kier alpha value is -1.95. The Labute approximate surface area is 271 Å². The van der Waals surface area contributed by atoms with Crippen LogP contribution < -0.4 is 15.4 Å². The molecule has 0 aliphatic heterocycles. The number of halogens is 1. The monoisotopic (exact) mass is 686 g/mol. The molecule has 44 heavy (non-hydrogen) atoms. The minimum Gasteiger partial charge on any atom is -0.412 e. The van der Waals surface area contributed by atoms with E-state index in [1.165, 1.54) is 24.4 Å². The zero-order valence-electron chi connectivity index (χ0n) is 28.7. The number of aromatic nitrogens is 3. The molecular weight excluding hydrogens is 636 g/mol. The van der Waals surface area contributed by atoms with Crippen LogP contribution >= 0.6 is 11.6 Å². The van der Waals surface area contributed by atoms with E-state index in [0.717, 1.165) is 0 Å². The molecule has 0 aliphatic rings. The Morgan fingerprint density at radius 1 is 0.886 bits per heavy atom. The van der Waals surface area contributed by atoms with Crippen molar-refractivity contribution < 1.29 is 22.1 Å². The summed E-state index contributed by atoms with van der Waals surface area (Å²) in [5, 5.41) is 5.46. The number of sulfonamides is 1. The Bertz CT molecular complexity index is 1450. The molecule has 0 saturated heterocycles. The van der Waals surface area contributed by atoms with Crippen LogP contribution in [0.3, 0.4) is 0 Å². The van der Waals surface area contributed by atoms with E-state index >= 15 is 0 Å². The molecule has 2 heterocycles. The normalized spacial score (nSPS) is 15.1. The van der Waals surface area contributed by atoms with Gasteiger partial charge in [0.25, 0.3) is 15.9 Å². The first-order valence-corrected chi connectivity index (χ1v) is 22.2. The van der Waals surface area contributed by atoms with Crippen molar-refractivity contribution in [3.63, 3.8) is 0 Å². The summed E-state index contributed by atoms with van der Waals surface area (Å²) in [6, 6.07) is 4.29. The second kappa shape index (κ2) is 13.0. The van der Waals surface area contributed by atoms with E-state index in [0.29, 0.717) is 5.82 Å². The number of nitrogens with one attached hydrogen (secondary N) is 3. The predicted octanol–water partition coefficient (Wildman–Crippen LogP) is 7.03. The maximum atomic E-state index is 13.1. The van der Waals surface area contributed by atoms with Gasteiger partial charge < -0.3 is 19.5 Å². The highest BCUT2D eigenvalue weighted by Gasteiger charge is 2.45. The molecule has 0 saturated carbocycles. The smallest absolute Gasteiger partial charge is 0.278 e. The summed E-state index contributed by atoms with van der Waals surface area (Å²) in [5.74, 6) is -0.363. The first-order chi connectivity index (χ1) is 19.6. The van der Waals surface area contributed by atoms with Crippen molar-refractivity contribution in [2.24, 2.45) is 0 Å². The van der Waals surface area contributed by atoms with Crippen molar-refractivity contribution in [1.82, 2.24) is 19.7 Å². The summed E-state index contributed by atoms with van der Waals surface area (Å²) in [7, 11) is -8.31. The number of carbonyl (C=O) groups excluding carboxylic acids is 1. The van der Waals surface area contributed by atoms with Crippen molar-refractivity contribution >= 4 is 55.8 Å². The van der Waals surface area contributed by atoms with Crippen molar-refractivity contribution in [3.8, 4) is 0 Å². The zero-order chi connectivity index (χ0) is 34.2. The molecule has 2 rings (SSSR count). The Balaban J connectivity index is 2.33. The van der Waals surface area contributed by atoms with Crippen LogP contribution in [-0.4, -0.2) is 63.8 Å². The highest BCUT2D eigenvalue weighted by atomic mass is 35.5. The molecule has 1 unspecified atom stereocenters. The molecule has 1 amide bonds. The molecule has 0 bridgehead atoms. The maximum absolute atomic E-state index is 13.1. The Kier molecular flexibility index (Phi) is 11.3. The molecule has 0 radical (unpaired) electrons. The fourth-order valence-corrected chi connectivity index (χ4v) is 7.68. The molecule has 0 spiro atoms. The average Bonchev–Trinajstić information content (AvgIpc) is 2.80. The average molecular weight is 687 g/mol. The molecule has 0 fully saturated rings. The van der Waals surface area contributed by atoms with E-state index < -0.39 is 43.8 Å². The minimum absolute atomic E-state index is 0.00463. The first kappa shape index (κ1) is 38.2. The highest BCUT2D eigenvalue weighted by Crippen LogP contribution is 2.41. The van der Waals surface area contributed by atoms with Crippen LogP contribution in [0.4, 0.5) is 11.6 Å². The highest BCUT2D eigenvalue weighted by molar-refractivity contribution is 7.89. The van der Waals surface area contributed by atoms with Crippen LogP contribution in [0, 0.1) is 0 Å². The SMILES string of the molecule is CC(C)(C)NS(=O)(=O)c1cccc(NC(=O)c2ncc(NC(C)(CO[Si](C)(C)C(C)(C)C)O[Si](C)(C)C(C)(C)C)nc2Cl)n1. The Morgan fingerprint density at radius 3 is 1.95 bits per heavy atom. The van der Waals surface area contributed by atoms with Gasteiger partial charge in [-0.05, 0) is 76.1 Å². The fourth-order valence-electron chi connectivity index (χ4n) is 3.46. The maximum Gasteiger partial charge on any atom is 0.278 e. The van der Waals surface area contributed by atoms with E-state index in [2.05, 4.69) is 98.0 Å². The van der Waals surface area contributed by atoms with Crippen molar-refractivity contribution in [2.45, 2.75) is 122 Å².